The van der Waals surface area contributed by atoms with Crippen molar-refractivity contribution in [3.63, 3.8) is 0 Å². The molecule has 0 spiro atoms. The van der Waals surface area contributed by atoms with Crippen molar-refractivity contribution in [2.24, 2.45) is 0 Å². The second kappa shape index (κ2) is 7.61. The lowest BCUT2D eigenvalue weighted by atomic mass is 10.1. The Balaban J connectivity index is 2.67. The predicted octanol–water partition coefficient (Wildman–Crippen LogP) is 2.40. The van der Waals surface area contributed by atoms with E-state index >= 15 is 0 Å². The van der Waals surface area contributed by atoms with Crippen LogP contribution in [-0.4, -0.2) is 21.0 Å². The minimum Gasteiger partial charge on any atom is -0.310 e. The fraction of sp³-hybridized carbons (Fsp3) is 0.571. The smallest absolute Gasteiger partial charge is 0.299 e. The lowest BCUT2D eigenvalue weighted by Crippen LogP contribution is -2.35. The summed E-state index contributed by atoms with van der Waals surface area (Å²) in [6.45, 7) is 8.75. The van der Waals surface area contributed by atoms with Crippen molar-refractivity contribution in [1.29, 1.82) is 0 Å². The Morgan fingerprint density at radius 2 is 1.70 bits per heavy atom. The van der Waals surface area contributed by atoms with Gasteiger partial charge in [-0.2, -0.15) is 13.1 Å². The van der Waals surface area contributed by atoms with Crippen molar-refractivity contribution in [3.05, 3.63) is 29.8 Å². The van der Waals surface area contributed by atoms with Gasteiger partial charge in [0, 0.05) is 17.8 Å². The van der Waals surface area contributed by atoms with Gasteiger partial charge in [0.05, 0.1) is 0 Å². The van der Waals surface area contributed by atoms with Crippen molar-refractivity contribution in [2.75, 3.05) is 11.3 Å². The van der Waals surface area contributed by atoms with E-state index < -0.39 is 10.2 Å². The highest BCUT2D eigenvalue weighted by molar-refractivity contribution is 7.90. The quantitative estimate of drug-likeness (QED) is 0.690. The van der Waals surface area contributed by atoms with E-state index in [1.54, 1.807) is 26.0 Å². The average Bonchev–Trinajstić information content (AvgIpc) is 2.34. The van der Waals surface area contributed by atoms with Crippen molar-refractivity contribution >= 4 is 15.9 Å². The summed E-state index contributed by atoms with van der Waals surface area (Å²) in [7, 11) is -3.50. The molecule has 1 unspecified atom stereocenters. The summed E-state index contributed by atoms with van der Waals surface area (Å²) in [6.07, 6.45) is 1.09. The molecule has 0 amide bonds. The highest BCUT2D eigenvalue weighted by Gasteiger charge is 2.11. The van der Waals surface area contributed by atoms with E-state index in [4.69, 9.17) is 0 Å². The molecule has 0 aliphatic rings. The largest absolute Gasteiger partial charge is 0.310 e. The van der Waals surface area contributed by atoms with Gasteiger partial charge in [0.1, 0.15) is 0 Å². The average molecular weight is 299 g/mol. The topological polar surface area (TPSA) is 70.2 Å². The van der Waals surface area contributed by atoms with Crippen LogP contribution in [0.5, 0.6) is 0 Å². The third kappa shape index (κ3) is 5.90. The summed E-state index contributed by atoms with van der Waals surface area (Å²) < 4.78 is 28.5. The monoisotopic (exact) mass is 299 g/mol. The Kier molecular flexibility index (Phi) is 6.45. The number of hydrogen-bond donors (Lipinski definition) is 3. The molecule has 0 aromatic heterocycles. The number of rotatable bonds is 8. The summed E-state index contributed by atoms with van der Waals surface area (Å²) in [5.41, 5.74) is 1.70. The van der Waals surface area contributed by atoms with Crippen LogP contribution in [0.1, 0.15) is 45.7 Å². The van der Waals surface area contributed by atoms with Crippen molar-refractivity contribution in [3.8, 4) is 0 Å². The summed E-state index contributed by atoms with van der Waals surface area (Å²) >= 11 is 0. The molecule has 20 heavy (non-hydrogen) atoms. The second-order valence-electron chi connectivity index (χ2n) is 5.18. The second-order valence-corrected chi connectivity index (χ2v) is 6.62. The van der Waals surface area contributed by atoms with Crippen LogP contribution in [0.25, 0.3) is 0 Å². The molecule has 0 radical (unpaired) electrons. The zero-order chi connectivity index (χ0) is 15.2. The summed E-state index contributed by atoms with van der Waals surface area (Å²) in [6, 6.07) is 7.54. The first-order chi connectivity index (χ1) is 9.34. The Morgan fingerprint density at radius 3 is 2.20 bits per heavy atom. The first-order valence-electron chi connectivity index (χ1n) is 6.97. The van der Waals surface area contributed by atoms with Crippen LogP contribution >= 0.6 is 0 Å². The van der Waals surface area contributed by atoms with Gasteiger partial charge in [-0.15, -0.1) is 0 Å². The summed E-state index contributed by atoms with van der Waals surface area (Å²) in [5.74, 6) is 0. The first-order valence-corrected chi connectivity index (χ1v) is 8.45. The molecule has 1 aromatic rings. The highest BCUT2D eigenvalue weighted by atomic mass is 32.2. The molecule has 0 bridgehead atoms. The number of hydrogen-bond acceptors (Lipinski definition) is 3. The Hall–Kier alpha value is -1.11. The van der Waals surface area contributed by atoms with Crippen LogP contribution < -0.4 is 14.8 Å². The summed E-state index contributed by atoms with van der Waals surface area (Å²) in [4.78, 5) is 0. The van der Waals surface area contributed by atoms with Crippen LogP contribution in [0, 0.1) is 0 Å². The molecule has 1 rings (SSSR count). The van der Waals surface area contributed by atoms with E-state index in [0.29, 0.717) is 5.69 Å². The summed E-state index contributed by atoms with van der Waals surface area (Å²) in [5, 5.41) is 3.39. The molecule has 0 fully saturated rings. The number of benzene rings is 1. The minimum absolute atomic E-state index is 0.134. The van der Waals surface area contributed by atoms with Gasteiger partial charge in [-0.25, -0.2) is 0 Å². The van der Waals surface area contributed by atoms with Gasteiger partial charge in [-0.1, -0.05) is 19.1 Å². The fourth-order valence-electron chi connectivity index (χ4n) is 1.81. The molecule has 5 nitrogen and oxygen atoms in total. The van der Waals surface area contributed by atoms with Crippen molar-refractivity contribution < 1.29 is 8.42 Å². The lowest BCUT2D eigenvalue weighted by molar-refractivity contribution is 0.570. The van der Waals surface area contributed by atoms with Crippen molar-refractivity contribution in [1.82, 2.24) is 10.0 Å². The molecular formula is C14H25N3O2S. The van der Waals surface area contributed by atoms with E-state index in [0.717, 1.165) is 18.5 Å². The maximum Gasteiger partial charge on any atom is 0.299 e. The zero-order valence-electron chi connectivity index (χ0n) is 12.6. The number of anilines is 1. The molecule has 0 aliphatic heterocycles. The van der Waals surface area contributed by atoms with E-state index in [2.05, 4.69) is 28.6 Å². The molecule has 114 valence electrons. The van der Waals surface area contributed by atoms with Crippen LogP contribution in [0.2, 0.25) is 0 Å². The third-order valence-corrected chi connectivity index (χ3v) is 4.04. The molecular weight excluding hydrogens is 274 g/mol. The van der Waals surface area contributed by atoms with Gasteiger partial charge >= 0.3 is 0 Å². The molecule has 6 heteroatoms. The molecule has 1 aromatic carbocycles. The fourth-order valence-corrected chi connectivity index (χ4v) is 2.94. The van der Waals surface area contributed by atoms with Gasteiger partial charge in [-0.3, -0.25) is 4.72 Å². The molecule has 0 heterocycles. The Labute approximate surface area is 122 Å². The maximum atomic E-state index is 11.7. The molecule has 0 saturated carbocycles. The SMILES string of the molecule is CCCNC(C)c1ccc(NS(=O)(=O)NC(C)C)cc1. The number of nitrogens with one attached hydrogen (secondary N) is 3. The molecule has 3 N–H and O–H groups in total. The maximum absolute atomic E-state index is 11.7. The standard InChI is InChI=1S/C14H25N3O2S/c1-5-10-15-12(4)13-6-8-14(9-7-13)17-20(18,19)16-11(2)3/h6-9,11-12,15-17H,5,10H2,1-4H3. The highest BCUT2D eigenvalue weighted by Crippen LogP contribution is 2.16. The van der Waals surface area contributed by atoms with Crippen LogP contribution in [-0.2, 0) is 10.2 Å². The van der Waals surface area contributed by atoms with Crippen LogP contribution in [0.15, 0.2) is 24.3 Å². The van der Waals surface area contributed by atoms with Gasteiger partial charge in [-0.05, 0) is 51.4 Å². The van der Waals surface area contributed by atoms with E-state index in [9.17, 15) is 8.42 Å². The van der Waals surface area contributed by atoms with Gasteiger partial charge in [0.2, 0.25) is 0 Å². The Morgan fingerprint density at radius 1 is 1.10 bits per heavy atom. The Bertz CT molecular complexity index is 498. The van der Waals surface area contributed by atoms with E-state index in [1.807, 2.05) is 12.1 Å². The first kappa shape index (κ1) is 16.9. The van der Waals surface area contributed by atoms with Gasteiger partial charge < -0.3 is 5.32 Å². The molecule has 0 saturated heterocycles. The van der Waals surface area contributed by atoms with Gasteiger partial charge in [0.25, 0.3) is 10.2 Å². The molecule has 0 aliphatic carbocycles. The van der Waals surface area contributed by atoms with E-state index in [-0.39, 0.29) is 12.1 Å². The van der Waals surface area contributed by atoms with Gasteiger partial charge in [0.15, 0.2) is 0 Å². The van der Waals surface area contributed by atoms with Crippen LogP contribution in [0.3, 0.4) is 0 Å². The third-order valence-electron chi connectivity index (χ3n) is 2.75. The van der Waals surface area contributed by atoms with Crippen molar-refractivity contribution in [2.45, 2.75) is 46.2 Å². The van der Waals surface area contributed by atoms with Crippen LogP contribution in [0.4, 0.5) is 5.69 Å². The zero-order valence-corrected chi connectivity index (χ0v) is 13.4. The predicted molar refractivity (Wildman–Crippen MR) is 84.0 cm³/mol. The lowest BCUT2D eigenvalue weighted by Gasteiger charge is -2.15. The molecule has 1 atom stereocenters. The normalized spacial score (nSPS) is 13.4. The minimum atomic E-state index is -3.50. The van der Waals surface area contributed by atoms with E-state index in [1.165, 1.54) is 0 Å².